The van der Waals surface area contributed by atoms with Gasteiger partial charge in [-0.05, 0) is 12.1 Å². The molecule has 0 bridgehead atoms. The molecule has 0 aliphatic carbocycles. The summed E-state index contributed by atoms with van der Waals surface area (Å²) in [5.41, 5.74) is 4.76. The Hall–Kier alpha value is -0.670. The highest BCUT2D eigenvalue weighted by Gasteiger charge is 2.06. The van der Waals surface area contributed by atoms with Gasteiger partial charge in [-0.25, -0.2) is 4.39 Å². The Morgan fingerprint density at radius 1 is 1.45 bits per heavy atom. The second-order valence-corrected chi connectivity index (χ2v) is 2.20. The number of benzene rings is 1. The Morgan fingerprint density at radius 2 is 2.00 bits per heavy atom. The molecule has 2 nitrogen and oxygen atoms in total. The Labute approximate surface area is 74.2 Å². The van der Waals surface area contributed by atoms with Crippen molar-refractivity contribution in [2.24, 2.45) is 0 Å². The first kappa shape index (κ1) is 10.3. The summed E-state index contributed by atoms with van der Waals surface area (Å²) in [5.74, 6) is -1.07. The lowest BCUT2D eigenvalue weighted by Gasteiger charge is -1.99. The normalized spacial score (nSPS) is 8.91. The van der Waals surface area contributed by atoms with Crippen molar-refractivity contribution in [1.82, 2.24) is 0 Å². The summed E-state index contributed by atoms with van der Waals surface area (Å²) in [6, 6.07) is 2.48. The maximum absolute atomic E-state index is 12.6. The lowest BCUT2D eigenvalue weighted by atomic mass is 10.3. The molecule has 0 saturated carbocycles. The van der Waals surface area contributed by atoms with Gasteiger partial charge in [0, 0.05) is 0 Å². The fourth-order valence-electron chi connectivity index (χ4n) is 0.556. The van der Waals surface area contributed by atoms with Crippen molar-refractivity contribution >= 4 is 29.7 Å². The predicted molar refractivity (Wildman–Crippen MR) is 44.7 cm³/mol. The largest absolute Gasteiger partial charge is 0.506 e. The highest BCUT2D eigenvalue weighted by Crippen LogP contribution is 2.27. The minimum absolute atomic E-state index is 0. The molecule has 0 fully saturated rings. The molecule has 11 heavy (non-hydrogen) atoms. The molecule has 1 aromatic rings. The van der Waals surface area contributed by atoms with E-state index in [1.807, 2.05) is 0 Å². The van der Waals surface area contributed by atoms with Crippen molar-refractivity contribution in [3.05, 3.63) is 23.0 Å². The van der Waals surface area contributed by atoms with Gasteiger partial charge in [0.1, 0.15) is 11.4 Å². The first-order valence-electron chi connectivity index (χ1n) is 2.55. The number of hydrogen-bond donors (Lipinski definition) is 2. The van der Waals surface area contributed by atoms with E-state index in [0.717, 1.165) is 0 Å². The van der Waals surface area contributed by atoms with Crippen LogP contribution in [0.1, 0.15) is 0 Å². The highest BCUT2D eigenvalue weighted by molar-refractivity contribution is 6.31. The second kappa shape index (κ2) is 3.64. The molecular weight excluding hydrogens is 192 g/mol. The van der Waals surface area contributed by atoms with Crippen LogP contribution in [-0.4, -0.2) is 5.11 Å². The van der Waals surface area contributed by atoms with Crippen molar-refractivity contribution in [2.75, 3.05) is 5.73 Å². The quantitative estimate of drug-likeness (QED) is 0.495. The van der Waals surface area contributed by atoms with E-state index in [2.05, 4.69) is 0 Å². The first-order chi connectivity index (χ1) is 4.63. The smallest absolute Gasteiger partial charge is 0.168 e. The third-order valence-electron chi connectivity index (χ3n) is 1.11. The van der Waals surface area contributed by atoms with Crippen molar-refractivity contribution in [2.45, 2.75) is 0 Å². The fraction of sp³-hybridized carbons (Fsp3) is 0. The zero-order valence-electron chi connectivity index (χ0n) is 5.34. The summed E-state index contributed by atoms with van der Waals surface area (Å²) < 4.78 is 12.6. The molecule has 0 saturated heterocycles. The molecule has 1 aromatic carbocycles. The minimum Gasteiger partial charge on any atom is -0.506 e. The Balaban J connectivity index is 0.000001000. The number of phenols is 1. The first-order valence-corrected chi connectivity index (χ1v) is 2.93. The van der Waals surface area contributed by atoms with Crippen LogP contribution < -0.4 is 5.73 Å². The van der Waals surface area contributed by atoms with Crippen molar-refractivity contribution < 1.29 is 9.50 Å². The average molecular weight is 198 g/mol. The number of phenolic OH excluding ortho intramolecular Hbond substituents is 1. The molecule has 0 unspecified atom stereocenters. The van der Waals surface area contributed by atoms with Gasteiger partial charge >= 0.3 is 0 Å². The third kappa shape index (κ3) is 1.88. The summed E-state index contributed by atoms with van der Waals surface area (Å²) in [4.78, 5) is 0. The molecule has 3 N–H and O–H groups in total. The molecule has 0 heterocycles. The van der Waals surface area contributed by atoms with Crippen molar-refractivity contribution in [3.8, 4) is 5.75 Å². The predicted octanol–water partition coefficient (Wildman–Crippen LogP) is 2.19. The maximum Gasteiger partial charge on any atom is 0.168 e. The van der Waals surface area contributed by atoms with Crippen LogP contribution in [0, 0.1) is 5.82 Å². The van der Waals surface area contributed by atoms with Crippen LogP contribution in [0.5, 0.6) is 5.75 Å². The lowest BCUT2D eigenvalue weighted by Crippen LogP contribution is -1.90. The van der Waals surface area contributed by atoms with Crippen LogP contribution in [0.2, 0.25) is 5.02 Å². The second-order valence-electron chi connectivity index (χ2n) is 1.79. The van der Waals surface area contributed by atoms with E-state index >= 15 is 0 Å². The SMILES string of the molecule is Cl.Nc1c(O)ccc(Cl)c1F. The van der Waals surface area contributed by atoms with Gasteiger partial charge in [-0.1, -0.05) is 11.6 Å². The molecule has 62 valence electrons. The summed E-state index contributed by atoms with van der Waals surface area (Å²) in [6.45, 7) is 0. The molecule has 0 spiro atoms. The molecule has 0 aliphatic rings. The number of rotatable bonds is 0. The van der Waals surface area contributed by atoms with Gasteiger partial charge in [-0.15, -0.1) is 12.4 Å². The molecule has 5 heteroatoms. The summed E-state index contributed by atoms with van der Waals surface area (Å²) in [5, 5.41) is 8.71. The van der Waals surface area contributed by atoms with Crippen LogP contribution in [0.3, 0.4) is 0 Å². The van der Waals surface area contributed by atoms with Crippen LogP contribution in [0.25, 0.3) is 0 Å². The summed E-state index contributed by atoms with van der Waals surface area (Å²) in [6.07, 6.45) is 0. The molecule has 0 atom stereocenters. The van der Waals surface area contributed by atoms with E-state index in [1.165, 1.54) is 12.1 Å². The molecule has 0 aromatic heterocycles. The number of halogens is 3. The molecule has 1 rings (SSSR count). The van der Waals surface area contributed by atoms with Gasteiger partial charge in [0.25, 0.3) is 0 Å². The van der Waals surface area contributed by atoms with Gasteiger partial charge in [0.2, 0.25) is 0 Å². The highest BCUT2D eigenvalue weighted by atomic mass is 35.5. The van der Waals surface area contributed by atoms with E-state index < -0.39 is 5.82 Å². The average Bonchev–Trinajstić information content (AvgIpc) is 1.93. The lowest BCUT2D eigenvalue weighted by molar-refractivity contribution is 0.473. The zero-order chi connectivity index (χ0) is 7.72. The minimum atomic E-state index is -0.776. The van der Waals surface area contributed by atoms with Gasteiger partial charge in [-0.2, -0.15) is 0 Å². The molecular formula is C6H6Cl2FNO. The third-order valence-corrected chi connectivity index (χ3v) is 1.40. The molecule has 0 radical (unpaired) electrons. The number of nitrogens with two attached hydrogens (primary N) is 1. The Kier molecular flexibility index (Phi) is 3.42. The summed E-state index contributed by atoms with van der Waals surface area (Å²) in [7, 11) is 0. The van der Waals surface area contributed by atoms with Gasteiger partial charge in [-0.3, -0.25) is 0 Å². The van der Waals surface area contributed by atoms with Crippen LogP contribution in [0.4, 0.5) is 10.1 Å². The Morgan fingerprint density at radius 3 is 2.45 bits per heavy atom. The topological polar surface area (TPSA) is 46.2 Å². The van der Waals surface area contributed by atoms with Crippen LogP contribution >= 0.6 is 24.0 Å². The fourth-order valence-corrected chi connectivity index (χ4v) is 0.721. The Bertz CT molecular complexity index is 240. The van der Waals surface area contributed by atoms with Crippen LogP contribution in [-0.2, 0) is 0 Å². The number of aromatic hydroxyl groups is 1. The van der Waals surface area contributed by atoms with Crippen LogP contribution in [0.15, 0.2) is 12.1 Å². The number of anilines is 1. The van der Waals surface area contributed by atoms with E-state index in [1.54, 1.807) is 0 Å². The van der Waals surface area contributed by atoms with Gasteiger partial charge < -0.3 is 10.8 Å². The summed E-state index contributed by atoms with van der Waals surface area (Å²) >= 11 is 5.32. The maximum atomic E-state index is 12.6. The van der Waals surface area contributed by atoms with E-state index in [4.69, 9.17) is 22.4 Å². The van der Waals surface area contributed by atoms with Gasteiger partial charge in [0.05, 0.1) is 5.02 Å². The monoisotopic (exact) mass is 197 g/mol. The zero-order valence-corrected chi connectivity index (χ0v) is 6.92. The van der Waals surface area contributed by atoms with E-state index in [-0.39, 0.29) is 28.9 Å². The molecule has 0 amide bonds. The number of hydrogen-bond acceptors (Lipinski definition) is 2. The van der Waals surface area contributed by atoms with Crippen molar-refractivity contribution in [3.63, 3.8) is 0 Å². The van der Waals surface area contributed by atoms with Crippen molar-refractivity contribution in [1.29, 1.82) is 0 Å². The van der Waals surface area contributed by atoms with E-state index in [9.17, 15) is 4.39 Å². The standard InChI is InChI=1S/C6H5ClFNO.ClH/c7-3-1-2-4(10)6(9)5(3)8;/h1-2,10H,9H2;1H. The molecule has 0 aliphatic heterocycles. The van der Waals surface area contributed by atoms with E-state index in [0.29, 0.717) is 0 Å². The van der Waals surface area contributed by atoms with Gasteiger partial charge in [0.15, 0.2) is 5.82 Å². The number of nitrogen functional groups attached to an aromatic ring is 1.